The van der Waals surface area contributed by atoms with Gasteiger partial charge in [0.25, 0.3) is 0 Å². The highest BCUT2D eigenvalue weighted by Crippen LogP contribution is 2.62. The van der Waals surface area contributed by atoms with Gasteiger partial charge in [0, 0.05) is 17.1 Å². The zero-order chi connectivity index (χ0) is 31.7. The molecule has 1 spiro atoms. The van der Waals surface area contributed by atoms with Gasteiger partial charge >= 0.3 is 0 Å². The quantitative estimate of drug-likeness (QED) is 0.193. The minimum Gasteiger partial charge on any atom is -0.310 e. The summed E-state index contributed by atoms with van der Waals surface area (Å²) in [5, 5.41) is 2.53. The first-order valence-corrected chi connectivity index (χ1v) is 16.7. The summed E-state index contributed by atoms with van der Waals surface area (Å²) in [6.45, 7) is 0. The molecule has 0 aromatic heterocycles. The van der Waals surface area contributed by atoms with Crippen molar-refractivity contribution in [3.05, 3.63) is 210 Å². The molecule has 0 heterocycles. The van der Waals surface area contributed by atoms with Crippen LogP contribution in [0, 0.1) is 0 Å². The zero-order valence-corrected chi connectivity index (χ0v) is 26.3. The van der Waals surface area contributed by atoms with Crippen LogP contribution >= 0.6 is 0 Å². The van der Waals surface area contributed by atoms with Crippen LogP contribution in [0.25, 0.3) is 44.2 Å². The van der Waals surface area contributed by atoms with Crippen molar-refractivity contribution in [2.75, 3.05) is 4.90 Å². The average Bonchev–Trinajstić information content (AvgIpc) is 3.38. The Balaban J connectivity index is 1.36. The second kappa shape index (κ2) is 10.4. The molecule has 1 unspecified atom stereocenters. The summed E-state index contributed by atoms with van der Waals surface area (Å²) in [6, 6.07) is 69.5. The van der Waals surface area contributed by atoms with Crippen LogP contribution in [0.3, 0.4) is 0 Å². The molecule has 1 nitrogen and oxygen atoms in total. The molecule has 0 saturated heterocycles. The summed E-state index contributed by atoms with van der Waals surface area (Å²) in [5.41, 5.74) is 15.9. The molecule has 0 aliphatic heterocycles. The molecule has 8 aromatic carbocycles. The highest BCUT2D eigenvalue weighted by molar-refractivity contribution is 6.01. The standard InChI is InChI=1S/C47H31N/c1-3-17-34(18-4-1)48(35-19-5-2-6-20-35)36-27-28-45-42(31-36)38-22-10-9-21-37(38)39-23-11-13-25-43(39)47(45)44-26-14-12-24-40(44)41-29-32-15-7-8-16-33(32)30-46(41)47/h1-31H. The van der Waals surface area contributed by atoms with Crippen LogP contribution in [-0.2, 0) is 5.41 Å². The van der Waals surface area contributed by atoms with Gasteiger partial charge in [0.05, 0.1) is 5.41 Å². The topological polar surface area (TPSA) is 3.24 Å². The molecule has 10 rings (SSSR count). The first kappa shape index (κ1) is 27.0. The molecule has 8 aromatic rings. The van der Waals surface area contributed by atoms with Crippen molar-refractivity contribution in [1.82, 2.24) is 0 Å². The smallest absolute Gasteiger partial charge is 0.0725 e. The van der Waals surface area contributed by atoms with Crippen molar-refractivity contribution in [3.8, 4) is 33.4 Å². The predicted octanol–water partition coefficient (Wildman–Crippen LogP) is 12.3. The first-order chi connectivity index (χ1) is 23.8. The van der Waals surface area contributed by atoms with Crippen LogP contribution in [-0.4, -0.2) is 0 Å². The average molecular weight is 610 g/mol. The molecule has 0 amide bonds. The number of para-hydroxylation sites is 2. The van der Waals surface area contributed by atoms with Crippen molar-refractivity contribution in [3.63, 3.8) is 0 Å². The van der Waals surface area contributed by atoms with Gasteiger partial charge in [-0.2, -0.15) is 0 Å². The Morgan fingerprint density at radius 2 is 0.708 bits per heavy atom. The van der Waals surface area contributed by atoms with Gasteiger partial charge in [-0.05, 0) is 115 Å². The van der Waals surface area contributed by atoms with E-state index in [9.17, 15) is 0 Å². The zero-order valence-electron chi connectivity index (χ0n) is 26.3. The number of hydrogen-bond acceptors (Lipinski definition) is 1. The lowest BCUT2D eigenvalue weighted by Crippen LogP contribution is -2.29. The number of hydrogen-bond donors (Lipinski definition) is 0. The van der Waals surface area contributed by atoms with Gasteiger partial charge in [-0.25, -0.2) is 0 Å². The van der Waals surface area contributed by atoms with Crippen LogP contribution in [0.2, 0.25) is 0 Å². The van der Waals surface area contributed by atoms with Crippen LogP contribution < -0.4 is 4.90 Å². The Morgan fingerprint density at radius 3 is 1.33 bits per heavy atom. The fraction of sp³-hybridized carbons (Fsp3) is 0.0213. The third-order valence-corrected chi connectivity index (χ3v) is 10.4. The third-order valence-electron chi connectivity index (χ3n) is 10.4. The van der Waals surface area contributed by atoms with Gasteiger partial charge in [-0.1, -0.05) is 140 Å². The van der Waals surface area contributed by atoms with Crippen molar-refractivity contribution < 1.29 is 0 Å². The molecular weight excluding hydrogens is 579 g/mol. The lowest BCUT2D eigenvalue weighted by Gasteiger charge is -2.36. The van der Waals surface area contributed by atoms with Gasteiger partial charge < -0.3 is 4.90 Å². The van der Waals surface area contributed by atoms with Crippen molar-refractivity contribution in [2.45, 2.75) is 5.41 Å². The van der Waals surface area contributed by atoms with Crippen molar-refractivity contribution in [1.29, 1.82) is 0 Å². The number of anilines is 3. The maximum Gasteiger partial charge on any atom is 0.0725 e. The fourth-order valence-electron chi connectivity index (χ4n) is 8.51. The summed E-state index contributed by atoms with van der Waals surface area (Å²) in [5.74, 6) is 0. The van der Waals surface area contributed by atoms with E-state index in [1.807, 2.05) is 0 Å². The van der Waals surface area contributed by atoms with Crippen molar-refractivity contribution >= 4 is 27.8 Å². The van der Waals surface area contributed by atoms with E-state index in [4.69, 9.17) is 0 Å². The molecule has 0 bridgehead atoms. The molecule has 0 saturated carbocycles. The fourth-order valence-corrected chi connectivity index (χ4v) is 8.51. The van der Waals surface area contributed by atoms with E-state index in [1.54, 1.807) is 0 Å². The largest absolute Gasteiger partial charge is 0.310 e. The number of benzene rings is 8. The molecule has 48 heavy (non-hydrogen) atoms. The second-order valence-electron chi connectivity index (χ2n) is 12.9. The van der Waals surface area contributed by atoms with Gasteiger partial charge in [0.15, 0.2) is 0 Å². The molecule has 224 valence electrons. The van der Waals surface area contributed by atoms with E-state index in [-0.39, 0.29) is 0 Å². The molecular formula is C47H31N. The van der Waals surface area contributed by atoms with Crippen LogP contribution in [0.1, 0.15) is 22.3 Å². The highest BCUT2D eigenvalue weighted by atomic mass is 15.1. The number of fused-ring (bicyclic) bond motifs is 13. The third kappa shape index (κ3) is 3.73. The molecule has 0 radical (unpaired) electrons. The van der Waals surface area contributed by atoms with Crippen LogP contribution in [0.15, 0.2) is 188 Å². The summed E-state index contributed by atoms with van der Waals surface area (Å²) in [7, 11) is 0. The molecule has 1 atom stereocenters. The number of rotatable bonds is 3. The van der Waals surface area contributed by atoms with Crippen molar-refractivity contribution in [2.24, 2.45) is 0 Å². The SMILES string of the molecule is c1ccc(N(c2ccccc2)c2ccc3c(c2)-c2ccccc2-c2ccccc2C32c3ccccc3-c3cc4ccccc4cc32)cc1. The van der Waals surface area contributed by atoms with Crippen LogP contribution in [0.5, 0.6) is 0 Å². The predicted molar refractivity (Wildman–Crippen MR) is 200 cm³/mol. The van der Waals surface area contributed by atoms with Crippen LogP contribution in [0.4, 0.5) is 17.1 Å². The highest BCUT2D eigenvalue weighted by Gasteiger charge is 2.49. The maximum absolute atomic E-state index is 2.47. The molecule has 0 fully saturated rings. The summed E-state index contributed by atoms with van der Waals surface area (Å²) in [6.07, 6.45) is 0. The Morgan fingerprint density at radius 1 is 0.271 bits per heavy atom. The van der Waals surface area contributed by atoms with E-state index < -0.39 is 5.41 Å². The van der Waals surface area contributed by atoms with Gasteiger partial charge in [-0.3, -0.25) is 0 Å². The Bertz CT molecular complexity index is 2470. The van der Waals surface area contributed by atoms with Gasteiger partial charge in [-0.15, -0.1) is 0 Å². The summed E-state index contributed by atoms with van der Waals surface area (Å²) < 4.78 is 0. The van der Waals surface area contributed by atoms with Gasteiger partial charge in [0.2, 0.25) is 0 Å². The second-order valence-corrected chi connectivity index (χ2v) is 12.9. The van der Waals surface area contributed by atoms with E-state index in [0.717, 1.165) is 17.1 Å². The van der Waals surface area contributed by atoms with E-state index in [0.29, 0.717) is 0 Å². The first-order valence-electron chi connectivity index (χ1n) is 16.7. The molecule has 0 N–H and O–H groups in total. The lowest BCUT2D eigenvalue weighted by molar-refractivity contribution is 0.776. The maximum atomic E-state index is 2.47. The lowest BCUT2D eigenvalue weighted by atomic mass is 9.65. The minimum absolute atomic E-state index is 0.510. The number of nitrogens with zero attached hydrogens (tertiary/aromatic N) is 1. The normalized spacial score (nSPS) is 15.2. The Kier molecular flexibility index (Phi) is 5.86. The monoisotopic (exact) mass is 609 g/mol. The van der Waals surface area contributed by atoms with E-state index >= 15 is 0 Å². The minimum atomic E-state index is -0.510. The molecule has 2 aliphatic carbocycles. The van der Waals surface area contributed by atoms with Gasteiger partial charge in [0.1, 0.15) is 0 Å². The summed E-state index contributed by atoms with van der Waals surface area (Å²) in [4.78, 5) is 2.37. The van der Waals surface area contributed by atoms with E-state index in [2.05, 4.69) is 193 Å². The molecule has 1 heteroatoms. The Labute approximate surface area is 281 Å². The Hall–Kier alpha value is -6.18. The molecule has 2 aliphatic rings. The summed E-state index contributed by atoms with van der Waals surface area (Å²) >= 11 is 0. The van der Waals surface area contributed by atoms with E-state index in [1.165, 1.54) is 66.4 Å².